The zero-order chi connectivity index (χ0) is 14.8. The summed E-state index contributed by atoms with van der Waals surface area (Å²) >= 11 is 5.77. The van der Waals surface area contributed by atoms with Crippen molar-refractivity contribution in [1.82, 2.24) is 9.78 Å². The molecule has 0 aliphatic carbocycles. The van der Waals surface area contributed by atoms with Gasteiger partial charge in [-0.05, 0) is 12.8 Å². The highest BCUT2D eigenvalue weighted by Crippen LogP contribution is 2.20. The Morgan fingerprint density at radius 3 is 2.47 bits per heavy atom. The van der Waals surface area contributed by atoms with E-state index in [2.05, 4.69) is 10.4 Å². The normalized spacial score (nSPS) is 13.7. The third kappa shape index (κ3) is 4.41. The predicted molar refractivity (Wildman–Crippen MR) is 67.5 cm³/mol. The number of halogens is 4. The van der Waals surface area contributed by atoms with Gasteiger partial charge >= 0.3 is 6.18 Å². The summed E-state index contributed by atoms with van der Waals surface area (Å²) < 4.78 is 36.9. The van der Waals surface area contributed by atoms with E-state index in [9.17, 15) is 18.0 Å². The third-order valence-corrected chi connectivity index (χ3v) is 3.06. The molecule has 0 aliphatic heterocycles. The average Bonchev–Trinajstić information content (AvgIpc) is 2.27. The summed E-state index contributed by atoms with van der Waals surface area (Å²) in [6, 6.07) is 0.0113. The molecule has 1 aromatic rings. The number of aromatic nitrogens is 2. The molecule has 108 valence electrons. The second-order valence-corrected chi connectivity index (χ2v) is 5.01. The Bertz CT molecular complexity index is 499. The van der Waals surface area contributed by atoms with Gasteiger partial charge in [0.1, 0.15) is 11.6 Å². The first-order valence-electron chi connectivity index (χ1n) is 5.70. The van der Waals surface area contributed by atoms with Gasteiger partial charge < -0.3 is 5.32 Å². The van der Waals surface area contributed by atoms with E-state index in [1.807, 2.05) is 20.8 Å². The molecular formula is C11H15ClF3N3O. The van der Waals surface area contributed by atoms with E-state index < -0.39 is 18.3 Å². The molecule has 8 heteroatoms. The Hall–Kier alpha value is -1.24. The number of anilines is 1. The quantitative estimate of drug-likeness (QED) is 0.929. The SMILES string of the molecule is CC(C)C(C)Nc1cnn(CC(F)(F)F)c(=O)c1Cl. The second-order valence-electron chi connectivity index (χ2n) is 4.63. The van der Waals surface area contributed by atoms with E-state index >= 15 is 0 Å². The number of hydrogen-bond donors (Lipinski definition) is 1. The van der Waals surface area contributed by atoms with Crippen molar-refractivity contribution in [2.75, 3.05) is 5.32 Å². The lowest BCUT2D eigenvalue weighted by Gasteiger charge is -2.19. The molecule has 1 aromatic heterocycles. The maximum atomic E-state index is 12.2. The molecule has 0 aliphatic rings. The predicted octanol–water partition coefficient (Wildman–Crippen LogP) is 2.92. The fraction of sp³-hybridized carbons (Fsp3) is 0.636. The molecule has 1 heterocycles. The zero-order valence-corrected chi connectivity index (χ0v) is 11.5. The Balaban J connectivity index is 3.02. The lowest BCUT2D eigenvalue weighted by Crippen LogP contribution is -2.32. The lowest BCUT2D eigenvalue weighted by molar-refractivity contribution is -0.143. The minimum Gasteiger partial charge on any atom is -0.380 e. The molecule has 0 saturated heterocycles. The first-order valence-corrected chi connectivity index (χ1v) is 6.08. The van der Waals surface area contributed by atoms with Crippen molar-refractivity contribution >= 4 is 17.3 Å². The van der Waals surface area contributed by atoms with Crippen LogP contribution < -0.4 is 10.9 Å². The van der Waals surface area contributed by atoms with Gasteiger partial charge in [0.05, 0.1) is 11.9 Å². The van der Waals surface area contributed by atoms with Crippen LogP contribution in [0.4, 0.5) is 18.9 Å². The molecule has 0 bridgehead atoms. The number of nitrogens with zero attached hydrogens (tertiary/aromatic N) is 2. The first-order chi connectivity index (χ1) is 8.61. The number of hydrogen-bond acceptors (Lipinski definition) is 3. The van der Waals surface area contributed by atoms with Crippen LogP contribution in [0.25, 0.3) is 0 Å². The largest absolute Gasteiger partial charge is 0.408 e. The van der Waals surface area contributed by atoms with Gasteiger partial charge in [0, 0.05) is 6.04 Å². The highest BCUT2D eigenvalue weighted by Gasteiger charge is 2.29. The standard InChI is InChI=1S/C11H15ClF3N3O/c1-6(2)7(3)17-8-4-16-18(5-11(13,14)15)10(19)9(8)12/h4,6-7,17H,5H2,1-3H3. The van der Waals surface area contributed by atoms with Gasteiger partial charge in [-0.25, -0.2) is 4.68 Å². The molecule has 1 atom stereocenters. The van der Waals surface area contributed by atoms with Crippen LogP contribution in [0.5, 0.6) is 0 Å². The molecular weight excluding hydrogens is 283 g/mol. The minimum absolute atomic E-state index is 0.0113. The zero-order valence-electron chi connectivity index (χ0n) is 10.8. The molecule has 1 N–H and O–H groups in total. The van der Waals surface area contributed by atoms with Gasteiger partial charge in [-0.1, -0.05) is 25.4 Å². The highest BCUT2D eigenvalue weighted by molar-refractivity contribution is 6.32. The van der Waals surface area contributed by atoms with Crippen LogP contribution in [-0.2, 0) is 6.54 Å². The summed E-state index contributed by atoms with van der Waals surface area (Å²) in [6.07, 6.45) is -3.38. The summed E-state index contributed by atoms with van der Waals surface area (Å²) in [5.41, 5.74) is -0.716. The topological polar surface area (TPSA) is 46.9 Å². The van der Waals surface area contributed by atoms with Crippen molar-refractivity contribution in [3.05, 3.63) is 21.6 Å². The Kier molecular flexibility index (Phi) is 4.84. The van der Waals surface area contributed by atoms with Crippen LogP contribution in [-0.4, -0.2) is 22.0 Å². The maximum absolute atomic E-state index is 12.2. The molecule has 1 rings (SSSR count). The maximum Gasteiger partial charge on any atom is 0.408 e. The van der Waals surface area contributed by atoms with Crippen LogP contribution in [0.15, 0.2) is 11.0 Å². The molecule has 0 aromatic carbocycles. The molecule has 0 fully saturated rings. The molecule has 0 spiro atoms. The second kappa shape index (κ2) is 5.81. The smallest absolute Gasteiger partial charge is 0.380 e. The third-order valence-electron chi connectivity index (χ3n) is 2.70. The van der Waals surface area contributed by atoms with Gasteiger partial charge in [0.15, 0.2) is 0 Å². The molecule has 19 heavy (non-hydrogen) atoms. The average molecular weight is 298 g/mol. The highest BCUT2D eigenvalue weighted by atomic mass is 35.5. The molecule has 0 radical (unpaired) electrons. The van der Waals surface area contributed by atoms with E-state index in [1.165, 1.54) is 0 Å². The van der Waals surface area contributed by atoms with Crippen LogP contribution in [0.1, 0.15) is 20.8 Å². The van der Waals surface area contributed by atoms with Gasteiger partial charge in [0.2, 0.25) is 0 Å². The van der Waals surface area contributed by atoms with Gasteiger partial charge in [-0.15, -0.1) is 0 Å². The van der Waals surface area contributed by atoms with Crippen LogP contribution in [0.2, 0.25) is 5.02 Å². The fourth-order valence-corrected chi connectivity index (χ4v) is 1.46. The van der Waals surface area contributed by atoms with Crippen LogP contribution >= 0.6 is 11.6 Å². The van der Waals surface area contributed by atoms with Crippen LogP contribution in [0.3, 0.4) is 0 Å². The van der Waals surface area contributed by atoms with E-state index in [-0.39, 0.29) is 22.7 Å². The van der Waals surface area contributed by atoms with Crippen molar-refractivity contribution in [1.29, 1.82) is 0 Å². The van der Waals surface area contributed by atoms with E-state index in [1.54, 1.807) is 0 Å². The van der Waals surface area contributed by atoms with E-state index in [4.69, 9.17) is 11.6 Å². The van der Waals surface area contributed by atoms with Crippen molar-refractivity contribution in [3.8, 4) is 0 Å². The summed E-state index contributed by atoms with van der Waals surface area (Å²) in [7, 11) is 0. The van der Waals surface area contributed by atoms with Crippen LogP contribution in [0, 0.1) is 5.92 Å². The molecule has 1 unspecified atom stereocenters. The lowest BCUT2D eigenvalue weighted by atomic mass is 10.1. The first kappa shape index (κ1) is 15.8. The minimum atomic E-state index is -4.51. The Morgan fingerprint density at radius 1 is 1.42 bits per heavy atom. The Labute approximate surface area is 113 Å². The summed E-state index contributed by atoms with van der Waals surface area (Å²) in [4.78, 5) is 11.6. The Morgan fingerprint density at radius 2 is 2.00 bits per heavy atom. The fourth-order valence-electron chi connectivity index (χ4n) is 1.26. The van der Waals surface area contributed by atoms with Gasteiger partial charge in [0.25, 0.3) is 5.56 Å². The summed E-state index contributed by atoms with van der Waals surface area (Å²) in [5.74, 6) is 0.272. The summed E-state index contributed by atoms with van der Waals surface area (Å²) in [6.45, 7) is 4.35. The molecule has 4 nitrogen and oxygen atoms in total. The number of alkyl halides is 3. The van der Waals surface area contributed by atoms with Crippen molar-refractivity contribution in [2.45, 2.75) is 39.5 Å². The van der Waals surface area contributed by atoms with Gasteiger partial charge in [-0.3, -0.25) is 4.79 Å². The molecule has 0 amide bonds. The monoisotopic (exact) mass is 297 g/mol. The van der Waals surface area contributed by atoms with Crippen molar-refractivity contribution < 1.29 is 13.2 Å². The number of nitrogens with one attached hydrogen (secondary N) is 1. The summed E-state index contributed by atoms with van der Waals surface area (Å²) in [5, 5.41) is 6.14. The van der Waals surface area contributed by atoms with E-state index in [0.717, 1.165) is 6.20 Å². The van der Waals surface area contributed by atoms with Crippen molar-refractivity contribution in [2.24, 2.45) is 5.92 Å². The van der Waals surface area contributed by atoms with E-state index in [0.29, 0.717) is 4.68 Å². The van der Waals surface area contributed by atoms with Gasteiger partial charge in [-0.2, -0.15) is 18.3 Å². The van der Waals surface area contributed by atoms with Crippen molar-refractivity contribution in [3.63, 3.8) is 0 Å². The molecule has 0 saturated carbocycles. The number of rotatable bonds is 4.